The number of rotatable bonds is 1. The van der Waals surface area contributed by atoms with Gasteiger partial charge in [-0.3, -0.25) is 0 Å². The number of halogens is 2. The number of hydrogen-bond donors (Lipinski definition) is 0. The molecule has 1 atom stereocenters. The van der Waals surface area contributed by atoms with Crippen molar-refractivity contribution < 1.29 is 4.74 Å². The van der Waals surface area contributed by atoms with Gasteiger partial charge in [0.1, 0.15) is 5.75 Å². The summed E-state index contributed by atoms with van der Waals surface area (Å²) in [6.45, 7) is 4.35. The van der Waals surface area contributed by atoms with E-state index in [4.69, 9.17) is 27.9 Å². The van der Waals surface area contributed by atoms with Crippen LogP contribution in [-0.4, -0.2) is 7.11 Å². The Morgan fingerprint density at radius 3 is 2.67 bits per heavy atom. The molecule has 0 heterocycles. The minimum Gasteiger partial charge on any atom is -0.496 e. The van der Waals surface area contributed by atoms with Crippen molar-refractivity contribution in [3.63, 3.8) is 0 Å². The second-order valence-electron chi connectivity index (χ2n) is 4.59. The summed E-state index contributed by atoms with van der Waals surface area (Å²) in [7, 11) is 1.68. The van der Waals surface area contributed by atoms with Gasteiger partial charge in [0.15, 0.2) is 0 Å². The summed E-state index contributed by atoms with van der Waals surface area (Å²) < 4.78 is 5.38. The number of ether oxygens (including phenoxy) is 1. The molecule has 0 spiro atoms. The molecule has 1 nitrogen and oxygen atoms in total. The third-order valence-electron chi connectivity index (χ3n) is 3.05. The molecule has 0 aromatic heterocycles. The van der Waals surface area contributed by atoms with Gasteiger partial charge in [-0.25, -0.2) is 0 Å². The van der Waals surface area contributed by atoms with Crippen molar-refractivity contribution in [1.82, 2.24) is 0 Å². The molecule has 0 aliphatic heterocycles. The van der Waals surface area contributed by atoms with Gasteiger partial charge < -0.3 is 4.74 Å². The number of benzene rings is 1. The molecule has 0 fully saturated rings. The standard InChI is InChI=1S/C12H14Cl2O/c1-12(2)6-8(14)10-7(13)4-5-9(15-3)11(10)12/h4-5,8H,6H2,1-3H3. The Labute approximate surface area is 100 Å². The second kappa shape index (κ2) is 3.57. The summed E-state index contributed by atoms with van der Waals surface area (Å²) in [5.74, 6) is 0.891. The molecule has 0 radical (unpaired) electrons. The van der Waals surface area contributed by atoms with E-state index < -0.39 is 0 Å². The molecular formula is C12H14Cl2O. The van der Waals surface area contributed by atoms with Gasteiger partial charge in [0.05, 0.1) is 12.5 Å². The predicted molar refractivity (Wildman–Crippen MR) is 64.2 cm³/mol. The zero-order valence-corrected chi connectivity index (χ0v) is 10.6. The average molecular weight is 245 g/mol. The number of hydrogen-bond acceptors (Lipinski definition) is 1. The Balaban J connectivity index is 2.71. The molecule has 1 aromatic carbocycles. The fourth-order valence-corrected chi connectivity index (χ4v) is 3.36. The van der Waals surface area contributed by atoms with Crippen LogP contribution in [0.25, 0.3) is 0 Å². The highest BCUT2D eigenvalue weighted by atomic mass is 35.5. The Kier molecular flexibility index (Phi) is 2.64. The number of methoxy groups -OCH3 is 1. The van der Waals surface area contributed by atoms with Crippen LogP contribution in [0.1, 0.15) is 36.8 Å². The van der Waals surface area contributed by atoms with Crippen LogP contribution in [0.4, 0.5) is 0 Å². The van der Waals surface area contributed by atoms with Gasteiger partial charge in [0.25, 0.3) is 0 Å². The first-order chi connectivity index (χ1) is 6.97. The molecule has 1 aromatic rings. The third kappa shape index (κ3) is 1.62. The molecule has 0 saturated carbocycles. The maximum absolute atomic E-state index is 6.32. The van der Waals surface area contributed by atoms with Crippen LogP contribution in [0.15, 0.2) is 12.1 Å². The zero-order valence-electron chi connectivity index (χ0n) is 9.10. The van der Waals surface area contributed by atoms with E-state index in [2.05, 4.69) is 13.8 Å². The Morgan fingerprint density at radius 2 is 2.07 bits per heavy atom. The van der Waals surface area contributed by atoms with Gasteiger partial charge in [-0.05, 0) is 29.5 Å². The molecule has 0 N–H and O–H groups in total. The SMILES string of the molecule is COc1ccc(Cl)c2c1C(C)(C)CC2Cl. The van der Waals surface area contributed by atoms with Crippen LogP contribution in [-0.2, 0) is 5.41 Å². The average Bonchev–Trinajstić information content (AvgIpc) is 2.39. The topological polar surface area (TPSA) is 9.23 Å². The Bertz CT molecular complexity index is 399. The highest BCUT2D eigenvalue weighted by Gasteiger charge is 2.39. The Hall–Kier alpha value is -0.400. The van der Waals surface area contributed by atoms with Crippen molar-refractivity contribution >= 4 is 23.2 Å². The van der Waals surface area contributed by atoms with Crippen molar-refractivity contribution in [2.75, 3.05) is 7.11 Å². The minimum absolute atomic E-state index is 0.00222. The zero-order chi connectivity index (χ0) is 11.2. The first-order valence-corrected chi connectivity index (χ1v) is 5.80. The molecule has 3 heteroatoms. The maximum atomic E-state index is 6.32. The van der Waals surface area contributed by atoms with E-state index in [-0.39, 0.29) is 10.8 Å². The van der Waals surface area contributed by atoms with Crippen molar-refractivity contribution in [3.05, 3.63) is 28.3 Å². The molecule has 2 rings (SSSR count). The lowest BCUT2D eigenvalue weighted by Crippen LogP contribution is -2.13. The van der Waals surface area contributed by atoms with E-state index >= 15 is 0 Å². The van der Waals surface area contributed by atoms with Crippen molar-refractivity contribution in [3.8, 4) is 5.75 Å². The summed E-state index contributed by atoms with van der Waals surface area (Å²) in [5, 5.41) is 0.744. The van der Waals surface area contributed by atoms with Crippen LogP contribution >= 0.6 is 23.2 Å². The molecule has 0 bridgehead atoms. The van der Waals surface area contributed by atoms with E-state index in [1.54, 1.807) is 7.11 Å². The van der Waals surface area contributed by atoms with Gasteiger partial charge in [-0.1, -0.05) is 25.4 Å². The van der Waals surface area contributed by atoms with Crippen LogP contribution in [0.2, 0.25) is 5.02 Å². The first kappa shape index (κ1) is 11.1. The minimum atomic E-state index is -0.00222. The molecule has 15 heavy (non-hydrogen) atoms. The van der Waals surface area contributed by atoms with Crippen LogP contribution in [0, 0.1) is 0 Å². The summed E-state index contributed by atoms with van der Waals surface area (Å²) in [4.78, 5) is 0. The van der Waals surface area contributed by atoms with E-state index in [9.17, 15) is 0 Å². The van der Waals surface area contributed by atoms with E-state index in [1.165, 1.54) is 0 Å². The molecule has 82 valence electrons. The normalized spacial score (nSPS) is 22.6. The van der Waals surface area contributed by atoms with Gasteiger partial charge in [0, 0.05) is 10.6 Å². The van der Waals surface area contributed by atoms with Crippen LogP contribution < -0.4 is 4.74 Å². The number of alkyl halides is 1. The van der Waals surface area contributed by atoms with E-state index in [0.29, 0.717) is 0 Å². The molecule has 1 aliphatic carbocycles. The quantitative estimate of drug-likeness (QED) is 0.670. The first-order valence-electron chi connectivity index (χ1n) is 4.98. The third-order valence-corrected chi connectivity index (χ3v) is 3.76. The molecule has 1 aliphatic rings. The summed E-state index contributed by atoms with van der Waals surface area (Å²) >= 11 is 12.5. The van der Waals surface area contributed by atoms with Crippen molar-refractivity contribution in [2.45, 2.75) is 31.1 Å². The summed E-state index contributed by atoms with van der Waals surface area (Å²) in [6, 6.07) is 3.77. The monoisotopic (exact) mass is 244 g/mol. The van der Waals surface area contributed by atoms with Crippen molar-refractivity contribution in [2.24, 2.45) is 0 Å². The van der Waals surface area contributed by atoms with Crippen LogP contribution in [0.3, 0.4) is 0 Å². The Morgan fingerprint density at radius 1 is 1.40 bits per heavy atom. The van der Waals surface area contributed by atoms with Gasteiger partial charge >= 0.3 is 0 Å². The predicted octanol–water partition coefficient (Wildman–Crippen LogP) is 4.31. The second-order valence-corrected chi connectivity index (χ2v) is 5.53. The lowest BCUT2D eigenvalue weighted by molar-refractivity contribution is 0.395. The van der Waals surface area contributed by atoms with E-state index in [1.807, 2.05) is 12.1 Å². The summed E-state index contributed by atoms with van der Waals surface area (Å²) in [6.07, 6.45) is 0.907. The summed E-state index contributed by atoms with van der Waals surface area (Å²) in [5.41, 5.74) is 2.25. The fraction of sp³-hybridized carbons (Fsp3) is 0.500. The highest BCUT2D eigenvalue weighted by Crippen LogP contribution is 2.53. The van der Waals surface area contributed by atoms with Crippen LogP contribution in [0.5, 0.6) is 5.75 Å². The molecular weight excluding hydrogens is 231 g/mol. The smallest absolute Gasteiger partial charge is 0.123 e. The largest absolute Gasteiger partial charge is 0.496 e. The van der Waals surface area contributed by atoms with Crippen molar-refractivity contribution in [1.29, 1.82) is 0 Å². The molecule has 0 saturated heterocycles. The number of fused-ring (bicyclic) bond motifs is 1. The lowest BCUT2D eigenvalue weighted by Gasteiger charge is -2.21. The highest BCUT2D eigenvalue weighted by molar-refractivity contribution is 6.33. The van der Waals surface area contributed by atoms with Gasteiger partial charge in [-0.2, -0.15) is 0 Å². The molecule has 0 amide bonds. The fourth-order valence-electron chi connectivity index (χ4n) is 2.40. The van der Waals surface area contributed by atoms with E-state index in [0.717, 1.165) is 28.3 Å². The lowest BCUT2D eigenvalue weighted by atomic mass is 9.86. The maximum Gasteiger partial charge on any atom is 0.123 e. The van der Waals surface area contributed by atoms with Gasteiger partial charge in [0.2, 0.25) is 0 Å². The van der Waals surface area contributed by atoms with Gasteiger partial charge in [-0.15, -0.1) is 11.6 Å². The molecule has 1 unspecified atom stereocenters.